The molecule has 1 heterocycles. The Hall–Kier alpha value is -3.46. The van der Waals surface area contributed by atoms with Crippen molar-refractivity contribution in [2.45, 2.75) is 20.8 Å². The fourth-order valence-corrected chi connectivity index (χ4v) is 3.71. The fourth-order valence-electron chi connectivity index (χ4n) is 3.20. The lowest BCUT2D eigenvalue weighted by molar-refractivity contribution is -0.145. The molecule has 8 nitrogen and oxygen atoms in total. The molecule has 0 atom stereocenters. The molecule has 1 aliphatic heterocycles. The van der Waals surface area contributed by atoms with E-state index in [-0.39, 0.29) is 18.8 Å². The van der Waals surface area contributed by atoms with E-state index in [1.807, 2.05) is 19.9 Å². The molecule has 32 heavy (non-hydrogen) atoms. The second kappa shape index (κ2) is 9.78. The molecule has 2 aromatic carbocycles. The summed E-state index contributed by atoms with van der Waals surface area (Å²) in [7, 11) is 0. The SMILES string of the molecule is CCOC(=O)COc1ccc(/C=C2\C(=O)NC(=O)N(c3cc(C)cc(C)c3)C2=O)cc1Br. The third-order valence-electron chi connectivity index (χ3n) is 4.48. The van der Waals surface area contributed by atoms with Crippen molar-refractivity contribution in [2.24, 2.45) is 0 Å². The number of halogens is 1. The van der Waals surface area contributed by atoms with Gasteiger partial charge in [0.05, 0.1) is 16.8 Å². The van der Waals surface area contributed by atoms with Crippen LogP contribution in [-0.4, -0.2) is 37.0 Å². The van der Waals surface area contributed by atoms with Gasteiger partial charge in [-0.1, -0.05) is 12.1 Å². The van der Waals surface area contributed by atoms with Gasteiger partial charge in [0, 0.05) is 0 Å². The summed E-state index contributed by atoms with van der Waals surface area (Å²) in [6.45, 7) is 5.42. The number of ether oxygens (including phenoxy) is 2. The fraction of sp³-hybridized carbons (Fsp3) is 0.217. The van der Waals surface area contributed by atoms with Crippen LogP contribution in [0.4, 0.5) is 10.5 Å². The summed E-state index contributed by atoms with van der Waals surface area (Å²) < 4.78 is 10.7. The van der Waals surface area contributed by atoms with Crippen LogP contribution in [0.3, 0.4) is 0 Å². The molecule has 0 unspecified atom stereocenters. The van der Waals surface area contributed by atoms with E-state index in [0.29, 0.717) is 21.5 Å². The van der Waals surface area contributed by atoms with Gasteiger partial charge in [-0.2, -0.15) is 0 Å². The van der Waals surface area contributed by atoms with E-state index >= 15 is 0 Å². The minimum Gasteiger partial charge on any atom is -0.481 e. The van der Waals surface area contributed by atoms with E-state index in [4.69, 9.17) is 9.47 Å². The van der Waals surface area contributed by atoms with Gasteiger partial charge in [-0.05, 0) is 83.7 Å². The van der Waals surface area contributed by atoms with Gasteiger partial charge in [-0.3, -0.25) is 14.9 Å². The van der Waals surface area contributed by atoms with Gasteiger partial charge in [0.15, 0.2) is 6.61 Å². The standard InChI is InChI=1S/C23H21BrN2O6/c1-4-31-20(27)12-32-19-6-5-15(11-18(19)24)10-17-21(28)25-23(30)26(22(17)29)16-8-13(2)7-14(3)9-16/h5-11H,4,12H2,1-3H3,(H,25,28,30)/b17-10+. The molecule has 0 saturated carbocycles. The zero-order valence-electron chi connectivity index (χ0n) is 17.7. The van der Waals surface area contributed by atoms with Gasteiger partial charge in [-0.15, -0.1) is 0 Å². The number of anilines is 1. The molecule has 166 valence electrons. The smallest absolute Gasteiger partial charge is 0.344 e. The molecule has 1 fully saturated rings. The van der Waals surface area contributed by atoms with E-state index in [9.17, 15) is 19.2 Å². The van der Waals surface area contributed by atoms with Crippen LogP contribution < -0.4 is 15.0 Å². The molecule has 2 aromatic rings. The quantitative estimate of drug-likeness (QED) is 0.368. The number of esters is 1. The van der Waals surface area contributed by atoms with E-state index in [0.717, 1.165) is 16.0 Å². The second-order valence-corrected chi connectivity index (χ2v) is 7.94. The van der Waals surface area contributed by atoms with E-state index < -0.39 is 23.8 Å². The van der Waals surface area contributed by atoms with Crippen LogP contribution in [0.5, 0.6) is 5.75 Å². The van der Waals surface area contributed by atoms with Crippen molar-refractivity contribution < 1.29 is 28.7 Å². The third kappa shape index (κ3) is 5.23. The summed E-state index contributed by atoms with van der Waals surface area (Å²) in [6.07, 6.45) is 1.39. The van der Waals surface area contributed by atoms with E-state index in [2.05, 4.69) is 21.2 Å². The Morgan fingerprint density at radius 1 is 1.09 bits per heavy atom. The van der Waals surface area contributed by atoms with Crippen LogP contribution in [0.15, 0.2) is 46.4 Å². The Labute approximate surface area is 193 Å². The van der Waals surface area contributed by atoms with Gasteiger partial charge in [-0.25, -0.2) is 14.5 Å². The summed E-state index contributed by atoms with van der Waals surface area (Å²) in [5.74, 6) is -1.60. The predicted molar refractivity (Wildman–Crippen MR) is 121 cm³/mol. The maximum atomic E-state index is 13.1. The van der Waals surface area contributed by atoms with E-state index in [1.54, 1.807) is 37.3 Å². The lowest BCUT2D eigenvalue weighted by Crippen LogP contribution is -2.54. The molecule has 0 aromatic heterocycles. The molecule has 0 spiro atoms. The van der Waals surface area contributed by atoms with Crippen LogP contribution in [0.25, 0.3) is 6.08 Å². The topological polar surface area (TPSA) is 102 Å². The molecule has 1 aliphatic rings. The minimum absolute atomic E-state index is 0.184. The minimum atomic E-state index is -0.800. The first kappa shape index (κ1) is 23.2. The Morgan fingerprint density at radius 3 is 2.41 bits per heavy atom. The molecule has 1 N–H and O–H groups in total. The lowest BCUT2D eigenvalue weighted by atomic mass is 10.1. The monoisotopic (exact) mass is 500 g/mol. The number of urea groups is 1. The highest BCUT2D eigenvalue weighted by molar-refractivity contribution is 9.10. The van der Waals surface area contributed by atoms with Gasteiger partial charge in [0.25, 0.3) is 11.8 Å². The van der Waals surface area contributed by atoms with Crippen molar-refractivity contribution >= 4 is 51.5 Å². The van der Waals surface area contributed by atoms with Gasteiger partial charge < -0.3 is 9.47 Å². The number of barbiturate groups is 1. The number of imide groups is 2. The number of carbonyl (C=O) groups is 4. The Balaban J connectivity index is 1.87. The van der Waals surface area contributed by atoms with Gasteiger partial charge >= 0.3 is 12.0 Å². The first-order valence-electron chi connectivity index (χ1n) is 9.77. The zero-order chi connectivity index (χ0) is 23.4. The van der Waals surface area contributed by atoms with Crippen LogP contribution in [0.2, 0.25) is 0 Å². The first-order chi connectivity index (χ1) is 15.2. The molecule has 0 aliphatic carbocycles. The highest BCUT2D eigenvalue weighted by Crippen LogP contribution is 2.28. The maximum absolute atomic E-state index is 13.1. The lowest BCUT2D eigenvalue weighted by Gasteiger charge is -2.27. The summed E-state index contributed by atoms with van der Waals surface area (Å²) in [5, 5.41) is 2.21. The van der Waals surface area contributed by atoms with Crippen LogP contribution in [0, 0.1) is 13.8 Å². The van der Waals surface area contributed by atoms with E-state index in [1.165, 1.54) is 6.08 Å². The highest BCUT2D eigenvalue weighted by Gasteiger charge is 2.37. The van der Waals surface area contributed by atoms with Crippen molar-refractivity contribution in [3.63, 3.8) is 0 Å². The molecule has 1 saturated heterocycles. The van der Waals surface area contributed by atoms with Crippen LogP contribution >= 0.6 is 15.9 Å². The molecule has 4 amide bonds. The predicted octanol–water partition coefficient (Wildman–Crippen LogP) is 3.67. The maximum Gasteiger partial charge on any atom is 0.344 e. The zero-order valence-corrected chi connectivity index (χ0v) is 19.3. The summed E-state index contributed by atoms with van der Waals surface area (Å²) in [5.41, 5.74) is 2.48. The third-order valence-corrected chi connectivity index (χ3v) is 5.10. The van der Waals surface area contributed by atoms with Crippen molar-refractivity contribution in [2.75, 3.05) is 18.1 Å². The highest BCUT2D eigenvalue weighted by atomic mass is 79.9. The number of nitrogens with zero attached hydrogens (tertiary/aromatic N) is 1. The number of rotatable bonds is 6. The van der Waals surface area contributed by atoms with Crippen molar-refractivity contribution in [1.29, 1.82) is 0 Å². The number of carbonyl (C=O) groups excluding carboxylic acids is 4. The van der Waals surface area contributed by atoms with Gasteiger partial charge in [0.1, 0.15) is 11.3 Å². The molecule has 9 heteroatoms. The number of benzene rings is 2. The Kier molecular flexibility index (Phi) is 7.09. The number of hydrogen-bond acceptors (Lipinski definition) is 6. The van der Waals surface area contributed by atoms with Crippen molar-refractivity contribution in [3.05, 3.63) is 63.1 Å². The molecule has 0 radical (unpaired) electrons. The van der Waals surface area contributed by atoms with Crippen LogP contribution in [-0.2, 0) is 19.1 Å². The average molecular weight is 501 g/mol. The molecule has 0 bridgehead atoms. The number of hydrogen-bond donors (Lipinski definition) is 1. The number of aryl methyl sites for hydroxylation is 2. The largest absolute Gasteiger partial charge is 0.481 e. The Morgan fingerprint density at radius 2 is 1.78 bits per heavy atom. The van der Waals surface area contributed by atoms with Crippen LogP contribution in [0.1, 0.15) is 23.6 Å². The average Bonchev–Trinajstić information content (AvgIpc) is 2.70. The second-order valence-electron chi connectivity index (χ2n) is 7.09. The Bertz CT molecular complexity index is 1120. The molecular formula is C23H21BrN2O6. The van der Waals surface area contributed by atoms with Crippen molar-refractivity contribution in [1.82, 2.24) is 5.32 Å². The summed E-state index contributed by atoms with van der Waals surface area (Å²) in [4.78, 5) is 50.2. The number of amides is 4. The summed E-state index contributed by atoms with van der Waals surface area (Å²) >= 11 is 3.35. The van der Waals surface area contributed by atoms with Crippen molar-refractivity contribution in [3.8, 4) is 5.75 Å². The first-order valence-corrected chi connectivity index (χ1v) is 10.6. The molecular weight excluding hydrogens is 480 g/mol. The number of nitrogens with one attached hydrogen (secondary N) is 1. The normalized spacial score (nSPS) is 15.1. The summed E-state index contributed by atoms with van der Waals surface area (Å²) in [6, 6.07) is 9.36. The van der Waals surface area contributed by atoms with Gasteiger partial charge in [0.2, 0.25) is 0 Å². The molecule has 3 rings (SSSR count).